The number of piperidine rings is 1. The molecule has 6 nitrogen and oxygen atoms in total. The molecule has 0 radical (unpaired) electrons. The molecule has 1 saturated heterocycles. The monoisotopic (exact) mass is 371 g/mol. The number of amides is 1. The summed E-state index contributed by atoms with van der Waals surface area (Å²) in [5, 5.41) is 12.1. The van der Waals surface area contributed by atoms with Gasteiger partial charge in [-0.1, -0.05) is 18.2 Å². The quantitative estimate of drug-likeness (QED) is 0.834. The van der Waals surface area contributed by atoms with Crippen molar-refractivity contribution in [3.8, 4) is 0 Å². The number of nitrogens with zero attached hydrogens (tertiary/aromatic N) is 4. The molecule has 7 heteroatoms. The summed E-state index contributed by atoms with van der Waals surface area (Å²) in [5.41, 5.74) is 1.13. The highest BCUT2D eigenvalue weighted by molar-refractivity contribution is 7.98. The van der Waals surface area contributed by atoms with Crippen LogP contribution in [-0.2, 0) is 24.3 Å². The number of hydrogen-bond donors (Lipinski definition) is 1. The molecule has 1 amide bonds. The topological polar surface area (TPSA) is 63.1 Å². The van der Waals surface area contributed by atoms with Gasteiger partial charge in [-0.3, -0.25) is 4.79 Å². The Kier molecular flexibility index (Phi) is 5.26. The summed E-state index contributed by atoms with van der Waals surface area (Å²) in [6, 6.07) is 8.19. The standard InChI is InChI=1S/C19H25N5OS/c1-26-16-5-3-2-4-15(16)12-18(25)23-9-6-14(7-10-23)19-22-21-17-13-20-8-11-24(17)19/h2-5,14,20H,6-13H2,1H3. The Morgan fingerprint density at radius 2 is 2.04 bits per heavy atom. The lowest BCUT2D eigenvalue weighted by atomic mass is 9.95. The number of hydrogen-bond acceptors (Lipinski definition) is 5. The van der Waals surface area contributed by atoms with Gasteiger partial charge in [-0.2, -0.15) is 0 Å². The van der Waals surface area contributed by atoms with Gasteiger partial charge in [-0.25, -0.2) is 0 Å². The molecule has 4 rings (SSSR count). The van der Waals surface area contributed by atoms with Gasteiger partial charge in [0.2, 0.25) is 5.91 Å². The highest BCUT2D eigenvalue weighted by atomic mass is 32.2. The van der Waals surface area contributed by atoms with E-state index in [1.165, 1.54) is 4.90 Å². The molecule has 0 unspecified atom stereocenters. The minimum atomic E-state index is 0.234. The van der Waals surface area contributed by atoms with Crippen molar-refractivity contribution < 1.29 is 4.79 Å². The lowest BCUT2D eigenvalue weighted by Crippen LogP contribution is -2.39. The van der Waals surface area contributed by atoms with E-state index in [0.29, 0.717) is 12.3 Å². The summed E-state index contributed by atoms with van der Waals surface area (Å²) in [5.74, 6) is 2.80. The molecule has 26 heavy (non-hydrogen) atoms. The molecule has 1 fully saturated rings. The fourth-order valence-corrected chi connectivity index (χ4v) is 4.54. The van der Waals surface area contributed by atoms with E-state index >= 15 is 0 Å². The Balaban J connectivity index is 1.37. The van der Waals surface area contributed by atoms with E-state index in [2.05, 4.69) is 38.5 Å². The molecule has 0 saturated carbocycles. The fraction of sp³-hybridized carbons (Fsp3) is 0.526. The normalized spacial score (nSPS) is 18.0. The fourth-order valence-electron chi connectivity index (χ4n) is 3.93. The third-order valence-corrected chi connectivity index (χ3v) is 6.24. The number of likely N-dealkylation sites (tertiary alicyclic amines) is 1. The Labute approximate surface area is 158 Å². The van der Waals surface area contributed by atoms with E-state index in [4.69, 9.17) is 0 Å². The second-order valence-electron chi connectivity index (χ2n) is 6.95. The van der Waals surface area contributed by atoms with Crippen molar-refractivity contribution in [3.63, 3.8) is 0 Å². The molecular weight excluding hydrogens is 346 g/mol. The maximum Gasteiger partial charge on any atom is 0.227 e. The molecule has 0 aliphatic carbocycles. The summed E-state index contributed by atoms with van der Waals surface area (Å²) in [4.78, 5) is 15.9. The van der Waals surface area contributed by atoms with Crippen LogP contribution in [-0.4, -0.2) is 51.5 Å². The number of carbonyl (C=O) groups is 1. The molecule has 1 aromatic carbocycles. The first-order valence-electron chi connectivity index (χ1n) is 9.28. The van der Waals surface area contributed by atoms with Crippen molar-refractivity contribution in [1.82, 2.24) is 25.0 Å². The van der Waals surface area contributed by atoms with Gasteiger partial charge in [-0.05, 0) is 30.7 Å². The minimum absolute atomic E-state index is 0.234. The molecular formula is C19H25N5OS. The van der Waals surface area contributed by atoms with E-state index in [0.717, 1.165) is 62.8 Å². The first-order valence-corrected chi connectivity index (χ1v) is 10.5. The van der Waals surface area contributed by atoms with Crippen molar-refractivity contribution in [2.24, 2.45) is 0 Å². The van der Waals surface area contributed by atoms with Crippen molar-refractivity contribution in [1.29, 1.82) is 0 Å². The van der Waals surface area contributed by atoms with Crippen molar-refractivity contribution in [2.45, 2.75) is 43.2 Å². The zero-order valence-electron chi connectivity index (χ0n) is 15.1. The smallest absolute Gasteiger partial charge is 0.227 e. The van der Waals surface area contributed by atoms with Crippen molar-refractivity contribution in [2.75, 3.05) is 25.9 Å². The third kappa shape index (κ3) is 3.50. The van der Waals surface area contributed by atoms with E-state index < -0.39 is 0 Å². The number of benzene rings is 1. The molecule has 3 heterocycles. The van der Waals surface area contributed by atoms with Gasteiger partial charge in [0.05, 0.1) is 13.0 Å². The van der Waals surface area contributed by atoms with Crippen LogP contribution in [0.1, 0.15) is 36.0 Å². The Hall–Kier alpha value is -1.86. The Morgan fingerprint density at radius 1 is 1.23 bits per heavy atom. The Morgan fingerprint density at radius 3 is 2.85 bits per heavy atom. The molecule has 1 N–H and O–H groups in total. The largest absolute Gasteiger partial charge is 0.342 e. The van der Waals surface area contributed by atoms with Crippen LogP contribution >= 0.6 is 11.8 Å². The summed E-state index contributed by atoms with van der Waals surface area (Å²) in [7, 11) is 0. The van der Waals surface area contributed by atoms with E-state index in [1.54, 1.807) is 11.8 Å². The summed E-state index contributed by atoms with van der Waals surface area (Å²) in [6.07, 6.45) is 4.50. The third-order valence-electron chi connectivity index (χ3n) is 5.40. The first kappa shape index (κ1) is 17.5. The lowest BCUT2D eigenvalue weighted by Gasteiger charge is -2.32. The van der Waals surface area contributed by atoms with Crippen LogP contribution in [0.5, 0.6) is 0 Å². The molecule has 2 aliphatic rings. The average molecular weight is 372 g/mol. The highest BCUT2D eigenvalue weighted by Crippen LogP contribution is 2.28. The molecule has 2 aromatic rings. The van der Waals surface area contributed by atoms with Crippen LogP contribution in [0.15, 0.2) is 29.2 Å². The van der Waals surface area contributed by atoms with Gasteiger partial charge in [0.1, 0.15) is 11.6 Å². The Bertz CT molecular complexity index is 782. The van der Waals surface area contributed by atoms with Crippen LogP contribution in [0.4, 0.5) is 0 Å². The molecule has 0 atom stereocenters. The van der Waals surface area contributed by atoms with E-state index in [9.17, 15) is 4.79 Å². The van der Waals surface area contributed by atoms with Crippen LogP contribution < -0.4 is 5.32 Å². The van der Waals surface area contributed by atoms with E-state index in [-0.39, 0.29) is 5.91 Å². The number of nitrogens with one attached hydrogen (secondary N) is 1. The summed E-state index contributed by atoms with van der Waals surface area (Å²) in [6.45, 7) is 4.35. The maximum atomic E-state index is 12.7. The summed E-state index contributed by atoms with van der Waals surface area (Å²) >= 11 is 1.70. The van der Waals surface area contributed by atoms with Gasteiger partial charge in [0.25, 0.3) is 0 Å². The first-order chi connectivity index (χ1) is 12.8. The SMILES string of the molecule is CSc1ccccc1CC(=O)N1CCC(c2nnc3n2CCNC3)CC1. The van der Waals surface area contributed by atoms with Crippen LogP contribution in [0.3, 0.4) is 0 Å². The highest BCUT2D eigenvalue weighted by Gasteiger charge is 2.28. The zero-order valence-corrected chi connectivity index (χ0v) is 16.0. The van der Waals surface area contributed by atoms with Crippen molar-refractivity contribution >= 4 is 17.7 Å². The van der Waals surface area contributed by atoms with Gasteiger partial charge in [0, 0.05) is 37.0 Å². The van der Waals surface area contributed by atoms with Gasteiger partial charge in [-0.15, -0.1) is 22.0 Å². The lowest BCUT2D eigenvalue weighted by molar-refractivity contribution is -0.131. The number of thioether (sulfide) groups is 1. The number of carbonyl (C=O) groups excluding carboxylic acids is 1. The molecule has 0 spiro atoms. The molecule has 138 valence electrons. The van der Waals surface area contributed by atoms with E-state index in [1.807, 2.05) is 17.0 Å². The van der Waals surface area contributed by atoms with Gasteiger partial charge < -0.3 is 14.8 Å². The molecule has 0 bridgehead atoms. The van der Waals surface area contributed by atoms with Crippen LogP contribution in [0.25, 0.3) is 0 Å². The van der Waals surface area contributed by atoms with Gasteiger partial charge in [0.15, 0.2) is 0 Å². The molecule has 1 aromatic heterocycles. The molecule has 2 aliphatic heterocycles. The predicted octanol–water partition coefficient (Wildman–Crippen LogP) is 2.05. The summed E-state index contributed by atoms with van der Waals surface area (Å²) < 4.78 is 2.27. The number of aromatic nitrogens is 3. The van der Waals surface area contributed by atoms with Crippen LogP contribution in [0, 0.1) is 0 Å². The number of rotatable bonds is 4. The predicted molar refractivity (Wildman–Crippen MR) is 102 cm³/mol. The maximum absolute atomic E-state index is 12.7. The minimum Gasteiger partial charge on any atom is -0.342 e. The van der Waals surface area contributed by atoms with Crippen molar-refractivity contribution in [3.05, 3.63) is 41.5 Å². The van der Waals surface area contributed by atoms with Crippen LogP contribution in [0.2, 0.25) is 0 Å². The second kappa shape index (κ2) is 7.80. The average Bonchev–Trinajstić information content (AvgIpc) is 3.12. The number of fused-ring (bicyclic) bond motifs is 1. The van der Waals surface area contributed by atoms with Gasteiger partial charge >= 0.3 is 0 Å². The second-order valence-corrected chi connectivity index (χ2v) is 7.79. The zero-order chi connectivity index (χ0) is 17.9.